The van der Waals surface area contributed by atoms with Crippen LogP contribution in [-0.2, 0) is 9.53 Å². The Labute approximate surface area is 85.6 Å². The minimum atomic E-state index is -0.161. The third kappa shape index (κ3) is 2.72. The van der Waals surface area contributed by atoms with Crippen molar-refractivity contribution in [3.63, 3.8) is 0 Å². The van der Waals surface area contributed by atoms with E-state index in [1.165, 1.54) is 12.8 Å². The molecule has 1 saturated heterocycles. The van der Waals surface area contributed by atoms with Crippen molar-refractivity contribution in [2.45, 2.75) is 32.6 Å². The van der Waals surface area contributed by atoms with Gasteiger partial charge in [-0.1, -0.05) is 31.9 Å². The standard InChI is InChI=1S/C12H18O2/c1-3-5-6-7-8-11-10(4-2)9-14-12(11)13/h4,8,10H,2-3,5-7,9H2,1H3/b11-8-/t10-/m1/s1. The fourth-order valence-corrected chi connectivity index (χ4v) is 1.57. The molecule has 1 rings (SSSR count). The number of unbranched alkanes of at least 4 members (excludes halogenated alkanes) is 3. The highest BCUT2D eigenvalue weighted by atomic mass is 16.5. The van der Waals surface area contributed by atoms with E-state index in [2.05, 4.69) is 13.5 Å². The highest BCUT2D eigenvalue weighted by Crippen LogP contribution is 2.22. The SMILES string of the molecule is C=C[C@@H]1COC(=O)/C1=C\CCCCC. The highest BCUT2D eigenvalue weighted by Gasteiger charge is 2.27. The summed E-state index contributed by atoms with van der Waals surface area (Å²) in [6, 6.07) is 0. The summed E-state index contributed by atoms with van der Waals surface area (Å²) in [6.07, 6.45) is 8.35. The first-order valence-electron chi connectivity index (χ1n) is 5.29. The Kier molecular flexibility index (Phi) is 4.44. The molecule has 1 fully saturated rings. The first kappa shape index (κ1) is 11.0. The largest absolute Gasteiger partial charge is 0.461 e. The van der Waals surface area contributed by atoms with E-state index in [-0.39, 0.29) is 11.9 Å². The smallest absolute Gasteiger partial charge is 0.334 e. The molecule has 14 heavy (non-hydrogen) atoms. The van der Waals surface area contributed by atoms with Gasteiger partial charge in [0.1, 0.15) is 6.61 Å². The summed E-state index contributed by atoms with van der Waals surface area (Å²) in [7, 11) is 0. The van der Waals surface area contributed by atoms with E-state index in [9.17, 15) is 4.79 Å². The average molecular weight is 194 g/mol. The highest BCUT2D eigenvalue weighted by molar-refractivity contribution is 5.91. The zero-order valence-electron chi connectivity index (χ0n) is 8.79. The second-order valence-electron chi connectivity index (χ2n) is 3.60. The van der Waals surface area contributed by atoms with Gasteiger partial charge >= 0.3 is 5.97 Å². The van der Waals surface area contributed by atoms with E-state index >= 15 is 0 Å². The molecule has 0 N–H and O–H groups in total. The molecule has 1 aliphatic rings. The van der Waals surface area contributed by atoms with Crippen molar-refractivity contribution in [3.05, 3.63) is 24.3 Å². The predicted octanol–water partition coefficient (Wildman–Crippen LogP) is 2.85. The van der Waals surface area contributed by atoms with Crippen LogP contribution in [0, 0.1) is 5.92 Å². The first-order chi connectivity index (χ1) is 6.79. The number of rotatable bonds is 5. The van der Waals surface area contributed by atoms with Gasteiger partial charge < -0.3 is 4.74 Å². The molecule has 0 aromatic rings. The van der Waals surface area contributed by atoms with Crippen molar-refractivity contribution in [2.24, 2.45) is 5.92 Å². The Bertz CT molecular complexity index is 241. The minimum Gasteiger partial charge on any atom is -0.461 e. The molecule has 0 bridgehead atoms. The summed E-state index contributed by atoms with van der Waals surface area (Å²) >= 11 is 0. The van der Waals surface area contributed by atoms with Crippen molar-refractivity contribution in [3.8, 4) is 0 Å². The lowest BCUT2D eigenvalue weighted by Gasteiger charge is -1.99. The summed E-state index contributed by atoms with van der Waals surface area (Å²) in [4.78, 5) is 11.3. The molecule has 0 spiro atoms. The number of esters is 1. The van der Waals surface area contributed by atoms with Crippen molar-refractivity contribution in [2.75, 3.05) is 6.61 Å². The Balaban J connectivity index is 2.46. The van der Waals surface area contributed by atoms with Crippen LogP contribution in [0.3, 0.4) is 0 Å². The van der Waals surface area contributed by atoms with Gasteiger partial charge in [0.15, 0.2) is 0 Å². The quantitative estimate of drug-likeness (QED) is 0.291. The maximum Gasteiger partial charge on any atom is 0.334 e. The topological polar surface area (TPSA) is 26.3 Å². The lowest BCUT2D eigenvalue weighted by Crippen LogP contribution is -1.99. The van der Waals surface area contributed by atoms with Gasteiger partial charge in [-0.3, -0.25) is 0 Å². The molecule has 0 aromatic carbocycles. The molecule has 2 nitrogen and oxygen atoms in total. The number of cyclic esters (lactones) is 1. The average Bonchev–Trinajstić information content (AvgIpc) is 2.55. The number of hydrogen-bond donors (Lipinski definition) is 0. The normalized spacial score (nSPS) is 23.9. The molecule has 0 radical (unpaired) electrons. The molecule has 1 aliphatic heterocycles. The Hall–Kier alpha value is -1.05. The van der Waals surface area contributed by atoms with Gasteiger partial charge in [-0.05, 0) is 12.8 Å². The van der Waals surface area contributed by atoms with E-state index in [0.29, 0.717) is 6.61 Å². The number of allylic oxidation sites excluding steroid dienone is 1. The second kappa shape index (κ2) is 5.63. The fourth-order valence-electron chi connectivity index (χ4n) is 1.57. The maximum atomic E-state index is 11.3. The van der Waals surface area contributed by atoms with Crippen LogP contribution >= 0.6 is 0 Å². The molecular weight excluding hydrogens is 176 g/mol. The van der Waals surface area contributed by atoms with Crippen LogP contribution in [0.1, 0.15) is 32.6 Å². The summed E-state index contributed by atoms with van der Waals surface area (Å²) in [5, 5.41) is 0. The second-order valence-corrected chi connectivity index (χ2v) is 3.60. The van der Waals surface area contributed by atoms with Crippen LogP contribution in [0.4, 0.5) is 0 Å². The zero-order chi connectivity index (χ0) is 10.4. The van der Waals surface area contributed by atoms with E-state index in [1.54, 1.807) is 6.08 Å². The predicted molar refractivity (Wildman–Crippen MR) is 56.9 cm³/mol. The number of carbonyl (C=O) groups excluding carboxylic acids is 1. The van der Waals surface area contributed by atoms with Crippen molar-refractivity contribution >= 4 is 5.97 Å². The first-order valence-corrected chi connectivity index (χ1v) is 5.29. The number of hydrogen-bond acceptors (Lipinski definition) is 2. The van der Waals surface area contributed by atoms with Crippen LogP contribution in [0.5, 0.6) is 0 Å². The molecule has 0 aromatic heterocycles. The van der Waals surface area contributed by atoms with Crippen molar-refractivity contribution < 1.29 is 9.53 Å². The van der Waals surface area contributed by atoms with Crippen molar-refractivity contribution in [1.29, 1.82) is 0 Å². The van der Waals surface area contributed by atoms with Crippen LogP contribution < -0.4 is 0 Å². The van der Waals surface area contributed by atoms with Crippen LogP contribution in [0.25, 0.3) is 0 Å². The van der Waals surface area contributed by atoms with Crippen LogP contribution in [0.2, 0.25) is 0 Å². The van der Waals surface area contributed by atoms with Crippen LogP contribution in [0.15, 0.2) is 24.3 Å². The molecule has 0 amide bonds. The zero-order valence-corrected chi connectivity index (χ0v) is 8.79. The molecule has 0 unspecified atom stereocenters. The summed E-state index contributed by atoms with van der Waals surface area (Å²) in [5.74, 6) is -0.0458. The minimum absolute atomic E-state index is 0.115. The van der Waals surface area contributed by atoms with Gasteiger partial charge in [0, 0.05) is 11.5 Å². The Morgan fingerprint density at radius 2 is 2.36 bits per heavy atom. The van der Waals surface area contributed by atoms with Gasteiger partial charge in [0.25, 0.3) is 0 Å². The van der Waals surface area contributed by atoms with E-state index < -0.39 is 0 Å². The van der Waals surface area contributed by atoms with Gasteiger partial charge in [0.2, 0.25) is 0 Å². The third-order valence-corrected chi connectivity index (χ3v) is 2.49. The summed E-state index contributed by atoms with van der Waals surface area (Å²) in [5.41, 5.74) is 0.802. The summed E-state index contributed by atoms with van der Waals surface area (Å²) < 4.78 is 4.95. The number of carbonyl (C=O) groups is 1. The maximum absolute atomic E-state index is 11.3. The molecule has 1 atom stereocenters. The van der Waals surface area contributed by atoms with E-state index in [0.717, 1.165) is 18.4 Å². The lowest BCUT2D eigenvalue weighted by atomic mass is 10.0. The monoisotopic (exact) mass is 194 g/mol. The van der Waals surface area contributed by atoms with Gasteiger partial charge in [0.05, 0.1) is 0 Å². The Morgan fingerprint density at radius 1 is 1.57 bits per heavy atom. The summed E-state index contributed by atoms with van der Waals surface area (Å²) in [6.45, 7) is 6.34. The Morgan fingerprint density at radius 3 is 3.00 bits per heavy atom. The van der Waals surface area contributed by atoms with E-state index in [4.69, 9.17) is 4.74 Å². The third-order valence-electron chi connectivity index (χ3n) is 2.49. The number of ether oxygens (including phenoxy) is 1. The fraction of sp³-hybridized carbons (Fsp3) is 0.583. The van der Waals surface area contributed by atoms with Gasteiger partial charge in [-0.15, -0.1) is 6.58 Å². The molecule has 2 heteroatoms. The van der Waals surface area contributed by atoms with Gasteiger partial charge in [-0.25, -0.2) is 4.79 Å². The van der Waals surface area contributed by atoms with Gasteiger partial charge in [-0.2, -0.15) is 0 Å². The molecular formula is C12H18O2. The molecule has 0 aliphatic carbocycles. The molecule has 1 heterocycles. The van der Waals surface area contributed by atoms with Crippen LogP contribution in [-0.4, -0.2) is 12.6 Å². The van der Waals surface area contributed by atoms with E-state index in [1.807, 2.05) is 6.08 Å². The molecule has 78 valence electrons. The molecule has 0 saturated carbocycles. The van der Waals surface area contributed by atoms with Crippen molar-refractivity contribution in [1.82, 2.24) is 0 Å². The lowest BCUT2D eigenvalue weighted by molar-refractivity contribution is -0.135.